The van der Waals surface area contributed by atoms with Crippen molar-refractivity contribution in [3.8, 4) is 21.7 Å². The Bertz CT molecular complexity index is 1950. The number of thiazole rings is 1. The fourth-order valence-electron chi connectivity index (χ4n) is 7.24. The molecule has 0 spiro atoms. The Hall–Kier alpha value is -3.34. The first-order chi connectivity index (χ1) is 22.5. The molecule has 1 unspecified atom stereocenters. The summed E-state index contributed by atoms with van der Waals surface area (Å²) >= 11 is 7.86. The van der Waals surface area contributed by atoms with Crippen molar-refractivity contribution in [2.45, 2.75) is 70.6 Å². The van der Waals surface area contributed by atoms with Crippen LogP contribution in [0.25, 0.3) is 42.8 Å². The fraction of sp³-hybridized carbons (Fsp3) is 0.432. The number of nitrogens with zero attached hydrogens (tertiary/aromatic N) is 4. The standard InChI is InChI=1S/C37H41ClN4O4S/c1-21-18-28-34(31(22-6-9-25(38)10-7-22)30(21)33(36(43)44)46-37(2,3)4)47-35(39-28)24-8-11-29-27(19-24)32(40-41(29)5)23-12-15-42(16-13-23)26-14-17-45-20-26/h6-11,18-19,23,26,33H,12-17,20H2,1-5H3,(H,43,44)/t26-,33?/m1/s1. The average Bonchev–Trinajstić information content (AvgIpc) is 3.79. The quantitative estimate of drug-likeness (QED) is 0.186. The van der Waals surface area contributed by atoms with Gasteiger partial charge in [0.15, 0.2) is 6.10 Å². The zero-order chi connectivity index (χ0) is 33.0. The molecule has 0 bridgehead atoms. The van der Waals surface area contributed by atoms with E-state index in [1.54, 1.807) is 11.3 Å². The molecule has 0 amide bonds. The second-order valence-electron chi connectivity index (χ2n) is 13.9. The highest BCUT2D eigenvalue weighted by molar-refractivity contribution is 7.22. The normalized spacial score (nSPS) is 18.8. The molecule has 0 aliphatic carbocycles. The van der Waals surface area contributed by atoms with Crippen molar-refractivity contribution in [3.05, 3.63) is 70.4 Å². The van der Waals surface area contributed by atoms with Gasteiger partial charge in [-0.3, -0.25) is 9.58 Å². The summed E-state index contributed by atoms with van der Waals surface area (Å²) in [6.45, 7) is 11.4. The zero-order valence-corrected chi connectivity index (χ0v) is 29.1. The van der Waals surface area contributed by atoms with Gasteiger partial charge in [-0.25, -0.2) is 9.78 Å². The topological polar surface area (TPSA) is 89.7 Å². The van der Waals surface area contributed by atoms with E-state index in [1.165, 1.54) is 5.39 Å². The molecule has 47 heavy (non-hydrogen) atoms. The van der Waals surface area contributed by atoms with E-state index >= 15 is 0 Å². The second-order valence-corrected chi connectivity index (χ2v) is 15.3. The molecule has 2 atom stereocenters. The number of fused-ring (bicyclic) bond motifs is 2. The van der Waals surface area contributed by atoms with Gasteiger partial charge in [0.25, 0.3) is 0 Å². The maximum atomic E-state index is 12.7. The SMILES string of the molecule is Cc1cc2nc(-c3ccc4c(c3)c(C3CCN([C@@H]5CCOC5)CC3)nn4C)sc2c(-c2ccc(Cl)cc2)c1C(OC(C)(C)C)C(=O)O. The number of carbonyl (C=O) groups is 1. The van der Waals surface area contributed by atoms with Crippen molar-refractivity contribution in [2.24, 2.45) is 7.05 Å². The summed E-state index contributed by atoms with van der Waals surface area (Å²) in [5, 5.41) is 18.1. The van der Waals surface area contributed by atoms with E-state index < -0.39 is 17.7 Å². The van der Waals surface area contributed by atoms with E-state index in [0.29, 0.717) is 22.5 Å². The largest absolute Gasteiger partial charge is 0.479 e. The van der Waals surface area contributed by atoms with E-state index in [-0.39, 0.29) is 0 Å². The van der Waals surface area contributed by atoms with Crippen molar-refractivity contribution >= 4 is 50.0 Å². The summed E-state index contributed by atoms with van der Waals surface area (Å²) in [7, 11) is 2.02. The third kappa shape index (κ3) is 6.32. The number of piperidine rings is 1. The van der Waals surface area contributed by atoms with Crippen molar-refractivity contribution in [2.75, 3.05) is 26.3 Å². The van der Waals surface area contributed by atoms with E-state index in [0.717, 1.165) is 94.3 Å². The third-order valence-electron chi connectivity index (χ3n) is 9.48. The summed E-state index contributed by atoms with van der Waals surface area (Å²) in [5.74, 6) is -0.625. The maximum Gasteiger partial charge on any atom is 0.337 e. The lowest BCUT2D eigenvalue weighted by atomic mass is 9.90. The number of benzene rings is 3. The average molecular weight is 673 g/mol. The number of likely N-dealkylation sites (tertiary alicyclic amines) is 1. The van der Waals surface area contributed by atoms with Crippen molar-refractivity contribution in [3.63, 3.8) is 0 Å². The van der Waals surface area contributed by atoms with Crippen LogP contribution in [0.3, 0.4) is 0 Å². The highest BCUT2D eigenvalue weighted by atomic mass is 35.5. The summed E-state index contributed by atoms with van der Waals surface area (Å²) in [6, 6.07) is 16.6. The molecule has 0 radical (unpaired) electrons. The lowest BCUT2D eigenvalue weighted by molar-refractivity contribution is -0.160. The molecule has 2 aromatic heterocycles. The monoisotopic (exact) mass is 672 g/mol. The molecule has 7 rings (SSSR count). The van der Waals surface area contributed by atoms with Crippen molar-refractivity contribution < 1.29 is 19.4 Å². The lowest BCUT2D eigenvalue weighted by Crippen LogP contribution is -2.41. The van der Waals surface area contributed by atoms with Gasteiger partial charge in [0.2, 0.25) is 0 Å². The number of carboxylic acid groups (broad SMARTS) is 1. The number of carboxylic acids is 1. The number of aliphatic carboxylic acids is 1. The van der Waals surface area contributed by atoms with Gasteiger partial charge < -0.3 is 14.6 Å². The molecular weight excluding hydrogens is 632 g/mol. The van der Waals surface area contributed by atoms with E-state index in [9.17, 15) is 9.90 Å². The molecule has 246 valence electrons. The highest BCUT2D eigenvalue weighted by Gasteiger charge is 2.33. The van der Waals surface area contributed by atoms with Gasteiger partial charge in [-0.15, -0.1) is 11.3 Å². The number of ether oxygens (including phenoxy) is 2. The molecular formula is C37H41ClN4O4S. The summed E-state index contributed by atoms with van der Waals surface area (Å²) in [6.07, 6.45) is 2.14. The molecule has 2 aliphatic heterocycles. The van der Waals surface area contributed by atoms with Crippen LogP contribution in [0.2, 0.25) is 5.02 Å². The van der Waals surface area contributed by atoms with Crippen LogP contribution in [0, 0.1) is 6.92 Å². The zero-order valence-electron chi connectivity index (χ0n) is 27.5. The Labute approximate surface area is 284 Å². The molecule has 0 saturated carbocycles. The Morgan fingerprint density at radius 1 is 1.09 bits per heavy atom. The van der Waals surface area contributed by atoms with Gasteiger partial charge >= 0.3 is 5.97 Å². The number of hydrogen-bond donors (Lipinski definition) is 1. The molecule has 2 saturated heterocycles. The van der Waals surface area contributed by atoms with Crippen molar-refractivity contribution in [1.29, 1.82) is 0 Å². The number of aromatic nitrogens is 3. The second kappa shape index (κ2) is 12.6. The van der Waals surface area contributed by atoms with Crippen LogP contribution in [0.1, 0.15) is 68.9 Å². The van der Waals surface area contributed by atoms with E-state index in [4.69, 9.17) is 31.2 Å². The maximum absolute atomic E-state index is 12.7. The van der Waals surface area contributed by atoms with Gasteiger partial charge in [0.05, 0.1) is 33.6 Å². The van der Waals surface area contributed by atoms with Crippen LogP contribution in [-0.2, 0) is 21.3 Å². The first-order valence-electron chi connectivity index (χ1n) is 16.4. The van der Waals surface area contributed by atoms with E-state index in [1.807, 2.05) is 69.8 Å². The number of rotatable bonds is 7. The number of aryl methyl sites for hydroxylation is 2. The van der Waals surface area contributed by atoms with Gasteiger partial charge in [-0.2, -0.15) is 5.10 Å². The van der Waals surface area contributed by atoms with Crippen molar-refractivity contribution in [1.82, 2.24) is 19.7 Å². The van der Waals surface area contributed by atoms with E-state index in [2.05, 4.69) is 23.1 Å². The molecule has 1 N–H and O–H groups in total. The summed E-state index contributed by atoms with van der Waals surface area (Å²) < 4.78 is 14.8. The Morgan fingerprint density at radius 3 is 2.47 bits per heavy atom. The minimum atomic E-state index is -1.16. The molecule has 10 heteroatoms. The Kier molecular flexibility index (Phi) is 8.64. The molecule has 4 heterocycles. The number of halogens is 1. The highest BCUT2D eigenvalue weighted by Crippen LogP contribution is 2.45. The van der Waals surface area contributed by atoms with Crippen LogP contribution in [0.5, 0.6) is 0 Å². The number of hydrogen-bond acceptors (Lipinski definition) is 7. The van der Waals surface area contributed by atoms with Gasteiger partial charge in [-0.05, 0) is 108 Å². The predicted molar refractivity (Wildman–Crippen MR) is 188 cm³/mol. The van der Waals surface area contributed by atoms with Crippen LogP contribution in [-0.4, -0.2) is 68.7 Å². The molecule has 3 aromatic carbocycles. The van der Waals surface area contributed by atoms with Crippen LogP contribution >= 0.6 is 22.9 Å². The molecule has 2 fully saturated rings. The minimum Gasteiger partial charge on any atom is -0.479 e. The van der Waals surface area contributed by atoms with Crippen LogP contribution in [0.4, 0.5) is 0 Å². The van der Waals surface area contributed by atoms with Gasteiger partial charge in [0, 0.05) is 52.7 Å². The van der Waals surface area contributed by atoms with Crippen LogP contribution < -0.4 is 0 Å². The summed E-state index contributed by atoms with van der Waals surface area (Å²) in [5.41, 5.74) is 6.60. The fourth-order valence-corrected chi connectivity index (χ4v) is 8.48. The van der Waals surface area contributed by atoms with Crippen LogP contribution in [0.15, 0.2) is 48.5 Å². The van der Waals surface area contributed by atoms with Gasteiger partial charge in [0.1, 0.15) is 5.01 Å². The molecule has 2 aliphatic rings. The molecule has 8 nitrogen and oxygen atoms in total. The Morgan fingerprint density at radius 2 is 1.81 bits per heavy atom. The Balaban J connectivity index is 1.31. The summed E-state index contributed by atoms with van der Waals surface area (Å²) in [4.78, 5) is 20.5. The lowest BCUT2D eigenvalue weighted by Gasteiger charge is -2.34. The minimum absolute atomic E-state index is 0.403. The molecule has 5 aromatic rings. The first-order valence-corrected chi connectivity index (χ1v) is 17.6. The first kappa shape index (κ1) is 32.2. The van der Waals surface area contributed by atoms with Gasteiger partial charge in [-0.1, -0.05) is 23.7 Å². The predicted octanol–water partition coefficient (Wildman–Crippen LogP) is 8.39. The smallest absolute Gasteiger partial charge is 0.337 e. The third-order valence-corrected chi connectivity index (χ3v) is 10.9.